The maximum Gasteiger partial charge on any atom is 0.325 e. The van der Waals surface area contributed by atoms with Crippen molar-refractivity contribution in [2.75, 3.05) is 19.8 Å². The van der Waals surface area contributed by atoms with E-state index >= 15 is 0 Å². The standard InChI is InChI=1S/C14H20N2O4/c17-11-3-1-2-10(11)4-7-16-12(18)14(15-13(16)19)5-8-20-9-6-14/h10H,1-9H2,(H,15,19). The van der Waals surface area contributed by atoms with E-state index in [2.05, 4.69) is 5.32 Å². The summed E-state index contributed by atoms with van der Waals surface area (Å²) in [6.07, 6.45) is 4.15. The first-order valence-electron chi connectivity index (χ1n) is 7.37. The minimum absolute atomic E-state index is 0.0295. The van der Waals surface area contributed by atoms with Gasteiger partial charge in [-0.25, -0.2) is 4.79 Å². The average Bonchev–Trinajstić information content (AvgIpc) is 2.93. The van der Waals surface area contributed by atoms with E-state index in [1.54, 1.807) is 0 Å². The van der Waals surface area contributed by atoms with Gasteiger partial charge in [0.25, 0.3) is 5.91 Å². The Morgan fingerprint density at radius 1 is 1.25 bits per heavy atom. The van der Waals surface area contributed by atoms with Crippen LogP contribution in [0.4, 0.5) is 4.79 Å². The number of Topliss-reactive ketones (excluding diaryl/α,β-unsaturated/α-hetero) is 1. The first-order valence-corrected chi connectivity index (χ1v) is 7.37. The van der Waals surface area contributed by atoms with Gasteiger partial charge in [-0.05, 0) is 19.3 Å². The minimum atomic E-state index is -0.755. The Kier molecular flexibility index (Phi) is 3.50. The molecule has 3 fully saturated rings. The summed E-state index contributed by atoms with van der Waals surface area (Å²) in [5.41, 5.74) is -0.755. The van der Waals surface area contributed by atoms with Gasteiger partial charge in [0.2, 0.25) is 0 Å². The number of carbonyl (C=O) groups is 3. The molecule has 1 unspecified atom stereocenters. The van der Waals surface area contributed by atoms with E-state index < -0.39 is 5.54 Å². The number of carbonyl (C=O) groups excluding carboxylic acids is 3. The summed E-state index contributed by atoms with van der Waals surface area (Å²) in [5.74, 6) is 0.163. The Morgan fingerprint density at radius 2 is 2.00 bits per heavy atom. The van der Waals surface area contributed by atoms with E-state index in [0.29, 0.717) is 45.4 Å². The Hall–Kier alpha value is -1.43. The van der Waals surface area contributed by atoms with E-state index in [9.17, 15) is 14.4 Å². The molecule has 2 aliphatic heterocycles. The van der Waals surface area contributed by atoms with Crippen LogP contribution in [0.5, 0.6) is 0 Å². The number of nitrogens with one attached hydrogen (secondary N) is 1. The van der Waals surface area contributed by atoms with E-state index in [-0.39, 0.29) is 23.6 Å². The number of nitrogens with zero attached hydrogens (tertiary/aromatic N) is 1. The van der Waals surface area contributed by atoms with Crippen LogP contribution in [0.3, 0.4) is 0 Å². The smallest absolute Gasteiger partial charge is 0.325 e. The lowest BCUT2D eigenvalue weighted by atomic mass is 9.90. The predicted octanol–water partition coefficient (Wildman–Crippen LogP) is 0.847. The van der Waals surface area contributed by atoms with Gasteiger partial charge in [-0.3, -0.25) is 14.5 Å². The molecule has 1 saturated carbocycles. The first-order chi connectivity index (χ1) is 9.62. The molecule has 0 radical (unpaired) electrons. The van der Waals surface area contributed by atoms with Crippen molar-refractivity contribution < 1.29 is 19.1 Å². The van der Waals surface area contributed by atoms with Crippen molar-refractivity contribution in [2.45, 2.75) is 44.1 Å². The second kappa shape index (κ2) is 5.16. The van der Waals surface area contributed by atoms with Crippen LogP contribution < -0.4 is 5.32 Å². The zero-order chi connectivity index (χ0) is 14.2. The summed E-state index contributed by atoms with van der Waals surface area (Å²) in [6.45, 7) is 1.35. The van der Waals surface area contributed by atoms with Gasteiger partial charge in [0.15, 0.2) is 0 Å². The number of ketones is 1. The van der Waals surface area contributed by atoms with Gasteiger partial charge in [-0.1, -0.05) is 0 Å². The van der Waals surface area contributed by atoms with E-state index in [4.69, 9.17) is 4.74 Å². The summed E-state index contributed by atoms with van der Waals surface area (Å²) < 4.78 is 5.26. The van der Waals surface area contributed by atoms with Gasteiger partial charge in [0.1, 0.15) is 11.3 Å². The van der Waals surface area contributed by atoms with E-state index in [0.717, 1.165) is 12.8 Å². The van der Waals surface area contributed by atoms with Crippen molar-refractivity contribution in [3.63, 3.8) is 0 Å². The average molecular weight is 280 g/mol. The van der Waals surface area contributed by atoms with Gasteiger partial charge in [-0.15, -0.1) is 0 Å². The molecule has 110 valence electrons. The molecule has 0 bridgehead atoms. The fourth-order valence-electron chi connectivity index (χ4n) is 3.42. The highest BCUT2D eigenvalue weighted by atomic mass is 16.5. The lowest BCUT2D eigenvalue weighted by molar-refractivity contribution is -0.135. The van der Waals surface area contributed by atoms with Gasteiger partial charge >= 0.3 is 6.03 Å². The van der Waals surface area contributed by atoms with Crippen LogP contribution >= 0.6 is 0 Å². The molecule has 1 aliphatic carbocycles. The van der Waals surface area contributed by atoms with Crippen molar-refractivity contribution in [3.8, 4) is 0 Å². The molecule has 20 heavy (non-hydrogen) atoms. The number of imide groups is 1. The summed E-state index contributed by atoms with van der Waals surface area (Å²) >= 11 is 0. The van der Waals surface area contributed by atoms with E-state index in [1.807, 2.05) is 0 Å². The number of urea groups is 1. The van der Waals surface area contributed by atoms with Crippen LogP contribution in [0.2, 0.25) is 0 Å². The van der Waals surface area contributed by atoms with Crippen molar-refractivity contribution in [3.05, 3.63) is 0 Å². The predicted molar refractivity (Wildman–Crippen MR) is 70.0 cm³/mol. The third kappa shape index (κ3) is 2.22. The van der Waals surface area contributed by atoms with Crippen LogP contribution in [0.1, 0.15) is 38.5 Å². The second-order valence-corrected chi connectivity index (χ2v) is 5.93. The quantitative estimate of drug-likeness (QED) is 0.778. The molecule has 3 rings (SSSR count). The first kappa shape index (κ1) is 13.5. The summed E-state index contributed by atoms with van der Waals surface area (Å²) in [6, 6.07) is -0.317. The molecule has 0 aromatic carbocycles. The highest BCUT2D eigenvalue weighted by molar-refractivity contribution is 6.07. The maximum atomic E-state index is 12.5. The Morgan fingerprint density at radius 3 is 2.65 bits per heavy atom. The molecule has 0 aromatic rings. The van der Waals surface area contributed by atoms with Crippen LogP contribution in [0.25, 0.3) is 0 Å². The lowest BCUT2D eigenvalue weighted by Crippen LogP contribution is -2.51. The molecule has 3 amide bonds. The molecule has 1 spiro atoms. The second-order valence-electron chi connectivity index (χ2n) is 5.93. The van der Waals surface area contributed by atoms with Gasteiger partial charge in [-0.2, -0.15) is 0 Å². The minimum Gasteiger partial charge on any atom is -0.381 e. The summed E-state index contributed by atoms with van der Waals surface area (Å²) in [7, 11) is 0. The fraction of sp³-hybridized carbons (Fsp3) is 0.786. The number of hydrogen-bond donors (Lipinski definition) is 1. The van der Waals surface area contributed by atoms with Gasteiger partial charge < -0.3 is 10.1 Å². The number of amides is 3. The lowest BCUT2D eigenvalue weighted by Gasteiger charge is -2.30. The van der Waals surface area contributed by atoms with Crippen LogP contribution in [0, 0.1) is 5.92 Å². The molecule has 2 heterocycles. The monoisotopic (exact) mass is 280 g/mol. The zero-order valence-corrected chi connectivity index (χ0v) is 11.5. The van der Waals surface area contributed by atoms with E-state index in [1.165, 1.54) is 4.90 Å². The molecular weight excluding hydrogens is 260 g/mol. The Bertz CT molecular complexity index is 442. The molecule has 6 nitrogen and oxygen atoms in total. The zero-order valence-electron chi connectivity index (χ0n) is 11.5. The molecule has 0 aromatic heterocycles. The van der Waals surface area contributed by atoms with Crippen LogP contribution in [-0.4, -0.2) is 47.9 Å². The van der Waals surface area contributed by atoms with Crippen molar-refractivity contribution in [1.29, 1.82) is 0 Å². The maximum absolute atomic E-state index is 12.5. The van der Waals surface area contributed by atoms with Crippen LogP contribution in [-0.2, 0) is 14.3 Å². The van der Waals surface area contributed by atoms with Crippen LogP contribution in [0.15, 0.2) is 0 Å². The number of ether oxygens (including phenoxy) is 1. The Labute approximate surface area is 117 Å². The summed E-state index contributed by atoms with van der Waals surface area (Å²) in [4.78, 5) is 37.4. The molecule has 3 aliphatic rings. The molecule has 6 heteroatoms. The normalized spacial score (nSPS) is 29.3. The largest absolute Gasteiger partial charge is 0.381 e. The topological polar surface area (TPSA) is 75.7 Å². The highest BCUT2D eigenvalue weighted by Crippen LogP contribution is 2.30. The van der Waals surface area contributed by atoms with Crippen molar-refractivity contribution in [2.24, 2.45) is 5.92 Å². The molecular formula is C14H20N2O4. The molecule has 1 N–H and O–H groups in total. The highest BCUT2D eigenvalue weighted by Gasteiger charge is 2.51. The SMILES string of the molecule is O=C1CCCC1CCN1C(=O)NC2(CCOCC2)C1=O. The number of hydrogen-bond acceptors (Lipinski definition) is 4. The van der Waals surface area contributed by atoms with Crippen molar-refractivity contribution in [1.82, 2.24) is 10.2 Å². The Balaban J connectivity index is 1.63. The van der Waals surface area contributed by atoms with Gasteiger partial charge in [0, 0.05) is 44.9 Å². The third-order valence-corrected chi connectivity index (χ3v) is 4.72. The van der Waals surface area contributed by atoms with Gasteiger partial charge in [0.05, 0.1) is 0 Å². The molecule has 2 saturated heterocycles. The summed E-state index contributed by atoms with van der Waals surface area (Å²) in [5, 5.41) is 2.83. The fourth-order valence-corrected chi connectivity index (χ4v) is 3.42. The number of rotatable bonds is 3. The van der Waals surface area contributed by atoms with Crippen molar-refractivity contribution >= 4 is 17.7 Å². The third-order valence-electron chi connectivity index (χ3n) is 4.72. The molecule has 1 atom stereocenters.